The maximum atomic E-state index is 12.5. The van der Waals surface area contributed by atoms with Gasteiger partial charge in [-0.25, -0.2) is 0 Å². The Morgan fingerprint density at radius 1 is 1.24 bits per heavy atom. The van der Waals surface area contributed by atoms with Gasteiger partial charge in [0, 0.05) is 16.5 Å². The van der Waals surface area contributed by atoms with Gasteiger partial charge in [-0.2, -0.15) is 0 Å². The second-order valence-corrected chi connectivity index (χ2v) is 7.39. The molecule has 0 radical (unpaired) electrons. The van der Waals surface area contributed by atoms with Crippen LogP contribution in [0.3, 0.4) is 0 Å². The molecule has 0 aliphatic heterocycles. The first kappa shape index (κ1) is 12.8. The number of aryl methyl sites for hydroxylation is 1. The summed E-state index contributed by atoms with van der Waals surface area (Å²) < 4.78 is 1.28. The van der Waals surface area contributed by atoms with Crippen LogP contribution in [0.25, 0.3) is 0 Å². The van der Waals surface area contributed by atoms with Crippen LogP contribution in [0, 0.1) is 0 Å². The Morgan fingerprint density at radius 3 is 2.59 bits per heavy atom. The predicted octanol–water partition coefficient (Wildman–Crippen LogP) is 3.27. The molecular weight excluding hydrogens is 248 g/mol. The van der Waals surface area contributed by atoms with Crippen molar-refractivity contribution in [2.24, 2.45) is 0 Å². The van der Waals surface area contributed by atoms with Gasteiger partial charge in [-0.3, -0.25) is 4.79 Å². The van der Waals surface area contributed by atoms with Crippen LogP contribution < -0.4 is 0 Å². The monoisotopic (exact) mass is 265 g/mol. The molecule has 3 heteroatoms. The van der Waals surface area contributed by atoms with Crippen LogP contribution in [0.4, 0.5) is 0 Å². The number of fused-ring (bicyclic) bond motifs is 1. The number of rotatable bonds is 2. The molecule has 0 fully saturated rings. The van der Waals surface area contributed by atoms with Crippen LogP contribution in [0.2, 0.25) is 0 Å². The van der Waals surface area contributed by atoms with E-state index in [1.807, 2.05) is 18.2 Å². The Bertz CT molecular complexity index is 475. The van der Waals surface area contributed by atoms with E-state index in [4.69, 9.17) is 0 Å². The van der Waals surface area contributed by atoms with E-state index in [1.54, 1.807) is 11.8 Å². The number of allylic oxidation sites excluding steroid dienone is 1. The minimum absolute atomic E-state index is 0.173. The van der Waals surface area contributed by atoms with Crippen molar-refractivity contribution in [2.45, 2.75) is 12.8 Å². The molecule has 17 heavy (non-hydrogen) atoms. The SMILES string of the molecule is CS/C(=C1/CCc2ccccc2C1=O)[S+](C)C. The summed E-state index contributed by atoms with van der Waals surface area (Å²) in [5.74, 6) is 0.248. The Kier molecular flexibility index (Phi) is 4.00. The Morgan fingerprint density at radius 2 is 1.94 bits per heavy atom. The molecule has 1 aromatic carbocycles. The molecule has 90 valence electrons. The standard InChI is InChI=1S/C14H17OS2/c1-16-14(17(2)3)12-9-8-10-6-4-5-7-11(10)13(12)15/h4-7H,8-9H2,1-3H3/q+1/b14-12+. The van der Waals surface area contributed by atoms with Crippen molar-refractivity contribution >= 4 is 28.4 Å². The largest absolute Gasteiger partial charge is 0.289 e. The Balaban J connectivity index is 2.47. The zero-order valence-corrected chi connectivity index (χ0v) is 12.1. The lowest BCUT2D eigenvalue weighted by Crippen LogP contribution is -2.17. The first-order chi connectivity index (χ1) is 8.15. The van der Waals surface area contributed by atoms with Crippen LogP contribution in [-0.4, -0.2) is 24.6 Å². The summed E-state index contributed by atoms with van der Waals surface area (Å²) in [6, 6.07) is 8.00. The van der Waals surface area contributed by atoms with Crippen LogP contribution in [0.15, 0.2) is 34.1 Å². The molecular formula is C14H17OS2+. The Labute approximate surface area is 110 Å². The average molecular weight is 265 g/mol. The molecule has 1 aliphatic carbocycles. The summed E-state index contributed by atoms with van der Waals surface area (Å²) >= 11 is 1.73. The summed E-state index contributed by atoms with van der Waals surface area (Å²) in [5, 5.41) is 0. The van der Waals surface area contributed by atoms with E-state index in [1.165, 1.54) is 9.80 Å². The lowest BCUT2D eigenvalue weighted by molar-refractivity contribution is 0.102. The number of hydrogen-bond acceptors (Lipinski definition) is 2. The minimum atomic E-state index is 0.173. The second-order valence-electron chi connectivity index (χ2n) is 4.27. The quantitative estimate of drug-likeness (QED) is 0.603. The fraction of sp³-hybridized carbons (Fsp3) is 0.357. The van der Waals surface area contributed by atoms with Gasteiger partial charge in [-0.05, 0) is 24.7 Å². The molecule has 0 unspecified atom stereocenters. The summed E-state index contributed by atoms with van der Waals surface area (Å²) in [5.41, 5.74) is 3.16. The van der Waals surface area contributed by atoms with Crippen molar-refractivity contribution < 1.29 is 4.79 Å². The highest BCUT2D eigenvalue weighted by Crippen LogP contribution is 2.32. The van der Waals surface area contributed by atoms with Crippen molar-refractivity contribution in [1.82, 2.24) is 0 Å². The molecule has 0 amide bonds. The van der Waals surface area contributed by atoms with E-state index in [0.29, 0.717) is 0 Å². The van der Waals surface area contributed by atoms with Gasteiger partial charge in [0.15, 0.2) is 10.0 Å². The van der Waals surface area contributed by atoms with Crippen LogP contribution in [-0.2, 0) is 17.3 Å². The third kappa shape index (κ3) is 2.45. The zero-order chi connectivity index (χ0) is 12.4. The molecule has 0 saturated carbocycles. The van der Waals surface area contributed by atoms with E-state index in [2.05, 4.69) is 24.8 Å². The highest BCUT2D eigenvalue weighted by Gasteiger charge is 2.29. The van der Waals surface area contributed by atoms with Crippen molar-refractivity contribution in [3.63, 3.8) is 0 Å². The first-order valence-electron chi connectivity index (χ1n) is 5.62. The highest BCUT2D eigenvalue weighted by molar-refractivity contribution is 8.20. The minimum Gasteiger partial charge on any atom is -0.289 e. The number of carbonyl (C=O) groups is 1. The maximum Gasteiger partial charge on any atom is 0.194 e. The summed E-state index contributed by atoms with van der Waals surface area (Å²) in [6.07, 6.45) is 8.35. The number of Topliss-reactive ketones (excluding diaryl/α,β-unsaturated/α-hetero) is 1. The van der Waals surface area contributed by atoms with Crippen LogP contribution >= 0.6 is 11.8 Å². The fourth-order valence-corrected chi connectivity index (χ4v) is 4.69. The number of thioether (sulfide) groups is 1. The molecule has 0 aromatic heterocycles. The zero-order valence-electron chi connectivity index (χ0n) is 10.4. The van der Waals surface area contributed by atoms with Crippen molar-refractivity contribution in [2.75, 3.05) is 18.8 Å². The van der Waals surface area contributed by atoms with Crippen LogP contribution in [0.5, 0.6) is 0 Å². The van der Waals surface area contributed by atoms with E-state index in [-0.39, 0.29) is 16.7 Å². The smallest absolute Gasteiger partial charge is 0.194 e. The number of ketones is 1. The van der Waals surface area contributed by atoms with E-state index >= 15 is 0 Å². The van der Waals surface area contributed by atoms with Gasteiger partial charge in [0.25, 0.3) is 0 Å². The molecule has 0 bridgehead atoms. The van der Waals surface area contributed by atoms with Crippen molar-refractivity contribution in [3.8, 4) is 0 Å². The molecule has 1 aromatic rings. The molecule has 0 saturated heterocycles. The molecule has 2 rings (SSSR count). The van der Waals surface area contributed by atoms with Gasteiger partial charge < -0.3 is 0 Å². The van der Waals surface area contributed by atoms with Gasteiger partial charge in [-0.1, -0.05) is 36.0 Å². The van der Waals surface area contributed by atoms with E-state index in [0.717, 1.165) is 24.0 Å². The normalized spacial score (nSPS) is 18.2. The number of benzene rings is 1. The highest BCUT2D eigenvalue weighted by atomic mass is 32.2. The van der Waals surface area contributed by atoms with E-state index in [9.17, 15) is 4.79 Å². The molecule has 0 spiro atoms. The number of hydrogen-bond donors (Lipinski definition) is 0. The number of carbonyl (C=O) groups excluding carboxylic acids is 1. The van der Waals surface area contributed by atoms with Gasteiger partial charge in [0.2, 0.25) is 0 Å². The third-order valence-electron chi connectivity index (χ3n) is 2.98. The summed E-state index contributed by atoms with van der Waals surface area (Å²) in [6.45, 7) is 0. The predicted molar refractivity (Wildman–Crippen MR) is 78.8 cm³/mol. The Hall–Kier alpha value is -0.670. The van der Waals surface area contributed by atoms with Gasteiger partial charge in [0.1, 0.15) is 12.5 Å². The molecule has 0 heterocycles. The molecule has 1 aliphatic rings. The van der Waals surface area contributed by atoms with Gasteiger partial charge >= 0.3 is 0 Å². The second kappa shape index (κ2) is 5.32. The first-order valence-corrected chi connectivity index (χ1v) is 8.89. The van der Waals surface area contributed by atoms with Crippen LogP contribution in [0.1, 0.15) is 22.3 Å². The maximum absolute atomic E-state index is 12.5. The molecule has 1 nitrogen and oxygen atoms in total. The van der Waals surface area contributed by atoms with Gasteiger partial charge in [0.05, 0.1) is 5.57 Å². The van der Waals surface area contributed by atoms with E-state index < -0.39 is 0 Å². The fourth-order valence-electron chi connectivity index (χ4n) is 2.23. The molecule has 0 atom stereocenters. The topological polar surface area (TPSA) is 17.1 Å². The summed E-state index contributed by atoms with van der Waals surface area (Å²) in [4.78, 5) is 12.5. The molecule has 0 N–H and O–H groups in total. The lowest BCUT2D eigenvalue weighted by Gasteiger charge is -2.18. The van der Waals surface area contributed by atoms with Crippen molar-refractivity contribution in [3.05, 3.63) is 45.2 Å². The average Bonchev–Trinajstić information content (AvgIpc) is 2.33. The third-order valence-corrected chi connectivity index (χ3v) is 6.09. The summed E-state index contributed by atoms with van der Waals surface area (Å²) in [7, 11) is 0.173. The van der Waals surface area contributed by atoms with Crippen molar-refractivity contribution in [1.29, 1.82) is 0 Å². The lowest BCUT2D eigenvalue weighted by atomic mass is 9.88. The van der Waals surface area contributed by atoms with Gasteiger partial charge in [-0.15, -0.1) is 0 Å².